The SMILES string of the molecule is O=C1OC(=O)c2c(Cl)c(Br)c(Cl)c(Cl)c21. The van der Waals surface area contributed by atoms with Crippen LogP contribution in [0.25, 0.3) is 0 Å². The van der Waals surface area contributed by atoms with Gasteiger partial charge < -0.3 is 4.74 Å². The Morgan fingerprint density at radius 3 is 1.87 bits per heavy atom. The molecule has 0 atom stereocenters. The van der Waals surface area contributed by atoms with Crippen LogP contribution < -0.4 is 0 Å². The Morgan fingerprint density at radius 2 is 1.33 bits per heavy atom. The van der Waals surface area contributed by atoms with Crippen molar-refractivity contribution in [1.29, 1.82) is 0 Å². The number of esters is 2. The molecule has 78 valence electrons. The first-order valence-corrected chi connectivity index (χ1v) is 5.50. The molecule has 1 aromatic rings. The highest BCUT2D eigenvalue weighted by Gasteiger charge is 2.37. The molecule has 0 aliphatic carbocycles. The molecular formula is C8BrCl3O3. The zero-order chi connectivity index (χ0) is 11.3. The fourth-order valence-corrected chi connectivity index (χ4v) is 2.48. The van der Waals surface area contributed by atoms with Crippen molar-refractivity contribution in [2.24, 2.45) is 0 Å². The van der Waals surface area contributed by atoms with E-state index < -0.39 is 11.9 Å². The van der Waals surface area contributed by atoms with Gasteiger partial charge in [-0.1, -0.05) is 34.8 Å². The second-order valence-electron chi connectivity index (χ2n) is 2.68. The van der Waals surface area contributed by atoms with Crippen LogP contribution >= 0.6 is 50.7 Å². The van der Waals surface area contributed by atoms with Gasteiger partial charge in [0.2, 0.25) is 0 Å². The molecule has 2 rings (SSSR count). The monoisotopic (exact) mass is 328 g/mol. The average molecular weight is 330 g/mol. The maximum atomic E-state index is 11.3. The van der Waals surface area contributed by atoms with Crippen molar-refractivity contribution < 1.29 is 14.3 Å². The Balaban J connectivity index is 2.92. The standard InChI is InChI=1S/C8BrCl3O3/c9-3-4(10)1-2(5(11)6(3)12)8(14)15-7(1)13. The summed E-state index contributed by atoms with van der Waals surface area (Å²) >= 11 is 20.5. The van der Waals surface area contributed by atoms with Gasteiger partial charge in [-0.2, -0.15) is 0 Å². The van der Waals surface area contributed by atoms with E-state index in [1.54, 1.807) is 0 Å². The maximum Gasteiger partial charge on any atom is 0.348 e. The van der Waals surface area contributed by atoms with Gasteiger partial charge in [-0.3, -0.25) is 0 Å². The lowest BCUT2D eigenvalue weighted by Gasteiger charge is -2.05. The number of hydrogen-bond donors (Lipinski definition) is 0. The van der Waals surface area contributed by atoms with Crippen LogP contribution in [0, 0.1) is 0 Å². The Labute approximate surface area is 107 Å². The fraction of sp³-hybridized carbons (Fsp3) is 0. The first-order valence-electron chi connectivity index (χ1n) is 3.57. The molecule has 0 aromatic heterocycles. The zero-order valence-corrected chi connectivity index (χ0v) is 10.6. The van der Waals surface area contributed by atoms with E-state index in [2.05, 4.69) is 20.7 Å². The maximum absolute atomic E-state index is 11.3. The van der Waals surface area contributed by atoms with E-state index >= 15 is 0 Å². The topological polar surface area (TPSA) is 43.4 Å². The van der Waals surface area contributed by atoms with Gasteiger partial charge in [-0.15, -0.1) is 0 Å². The molecule has 0 N–H and O–H groups in total. The van der Waals surface area contributed by atoms with Gasteiger partial charge >= 0.3 is 11.9 Å². The van der Waals surface area contributed by atoms with E-state index in [9.17, 15) is 9.59 Å². The van der Waals surface area contributed by atoms with Gasteiger partial charge in [-0.05, 0) is 15.9 Å². The third-order valence-electron chi connectivity index (χ3n) is 1.86. The number of rotatable bonds is 0. The van der Waals surface area contributed by atoms with E-state index in [-0.39, 0.29) is 30.7 Å². The smallest absolute Gasteiger partial charge is 0.348 e. The van der Waals surface area contributed by atoms with Crippen molar-refractivity contribution in [3.05, 3.63) is 30.7 Å². The first-order chi connectivity index (χ1) is 6.95. The third kappa shape index (κ3) is 1.47. The molecule has 1 aliphatic heterocycles. The summed E-state index contributed by atoms with van der Waals surface area (Å²) in [6.07, 6.45) is 0. The molecule has 15 heavy (non-hydrogen) atoms. The molecule has 0 bridgehead atoms. The zero-order valence-electron chi connectivity index (χ0n) is 6.74. The summed E-state index contributed by atoms with van der Waals surface area (Å²) in [5.41, 5.74) is -0.136. The summed E-state index contributed by atoms with van der Waals surface area (Å²) in [5.74, 6) is -1.66. The van der Waals surface area contributed by atoms with Crippen LogP contribution in [0.2, 0.25) is 15.1 Å². The van der Waals surface area contributed by atoms with Crippen LogP contribution in [0.1, 0.15) is 20.7 Å². The normalized spacial score (nSPS) is 14.1. The number of benzene rings is 1. The van der Waals surface area contributed by atoms with Crippen molar-refractivity contribution in [2.75, 3.05) is 0 Å². The Bertz CT molecular complexity index is 468. The molecule has 0 amide bonds. The molecule has 1 aromatic carbocycles. The van der Waals surface area contributed by atoms with Crippen molar-refractivity contribution >= 4 is 62.7 Å². The Morgan fingerprint density at radius 1 is 0.867 bits per heavy atom. The van der Waals surface area contributed by atoms with Gasteiger partial charge in [0.25, 0.3) is 0 Å². The highest BCUT2D eigenvalue weighted by molar-refractivity contribution is 9.10. The highest BCUT2D eigenvalue weighted by atomic mass is 79.9. The number of hydrogen-bond acceptors (Lipinski definition) is 3. The second-order valence-corrected chi connectivity index (χ2v) is 4.61. The molecule has 1 heterocycles. The van der Waals surface area contributed by atoms with Crippen molar-refractivity contribution in [3.63, 3.8) is 0 Å². The molecule has 0 unspecified atom stereocenters. The van der Waals surface area contributed by atoms with Crippen LogP contribution in [-0.4, -0.2) is 11.9 Å². The van der Waals surface area contributed by atoms with Crippen LogP contribution in [0.3, 0.4) is 0 Å². The van der Waals surface area contributed by atoms with Gasteiger partial charge in [0.1, 0.15) is 0 Å². The predicted octanol–water partition coefficient (Wildman–Crippen LogP) is 3.72. The minimum Gasteiger partial charge on any atom is -0.386 e. The van der Waals surface area contributed by atoms with Gasteiger partial charge in [0.05, 0.1) is 30.7 Å². The summed E-state index contributed by atoms with van der Waals surface area (Å²) < 4.78 is 4.64. The Hall–Kier alpha value is -0.290. The van der Waals surface area contributed by atoms with E-state index in [1.165, 1.54) is 0 Å². The molecular weight excluding hydrogens is 330 g/mol. The summed E-state index contributed by atoms with van der Waals surface area (Å²) in [4.78, 5) is 22.5. The van der Waals surface area contributed by atoms with Crippen LogP contribution in [0.5, 0.6) is 0 Å². The quantitative estimate of drug-likeness (QED) is 0.315. The number of fused-ring (bicyclic) bond motifs is 1. The van der Waals surface area contributed by atoms with Crippen molar-refractivity contribution in [1.82, 2.24) is 0 Å². The number of carbonyl (C=O) groups excluding carboxylic acids is 2. The molecule has 1 aliphatic rings. The van der Waals surface area contributed by atoms with E-state index in [0.717, 1.165) is 0 Å². The van der Waals surface area contributed by atoms with Gasteiger partial charge in [-0.25, -0.2) is 9.59 Å². The highest BCUT2D eigenvalue weighted by Crippen LogP contribution is 2.44. The minimum atomic E-state index is -0.837. The summed E-state index contributed by atoms with van der Waals surface area (Å²) in [7, 11) is 0. The number of carbonyl (C=O) groups is 2. The first kappa shape index (κ1) is 11.2. The van der Waals surface area contributed by atoms with Crippen LogP contribution in [0.15, 0.2) is 4.47 Å². The van der Waals surface area contributed by atoms with Crippen LogP contribution in [-0.2, 0) is 4.74 Å². The lowest BCUT2D eigenvalue weighted by Crippen LogP contribution is -1.97. The summed E-state index contributed by atoms with van der Waals surface area (Å²) in [6, 6.07) is 0. The second kappa shape index (κ2) is 3.63. The molecule has 0 fully saturated rings. The molecule has 7 heteroatoms. The van der Waals surface area contributed by atoms with Crippen LogP contribution in [0.4, 0.5) is 0 Å². The molecule has 0 radical (unpaired) electrons. The molecule has 0 spiro atoms. The number of cyclic esters (lactones) is 2. The van der Waals surface area contributed by atoms with Crippen molar-refractivity contribution in [3.8, 4) is 0 Å². The summed E-state index contributed by atoms with van der Waals surface area (Å²) in [6.45, 7) is 0. The predicted molar refractivity (Wildman–Crippen MR) is 58.9 cm³/mol. The average Bonchev–Trinajstić information content (AvgIpc) is 2.47. The lowest BCUT2D eigenvalue weighted by molar-refractivity contribution is 0.0444. The van der Waals surface area contributed by atoms with Crippen molar-refractivity contribution in [2.45, 2.75) is 0 Å². The lowest BCUT2D eigenvalue weighted by atomic mass is 10.1. The van der Waals surface area contributed by atoms with Gasteiger partial charge in [0, 0.05) is 0 Å². The molecule has 0 saturated carbocycles. The van der Waals surface area contributed by atoms with Gasteiger partial charge in [0.15, 0.2) is 0 Å². The van der Waals surface area contributed by atoms with E-state index in [1.807, 2.05) is 0 Å². The fourth-order valence-electron chi connectivity index (χ4n) is 1.20. The number of halogens is 4. The number of ether oxygens (including phenoxy) is 1. The third-order valence-corrected chi connectivity index (χ3v) is 4.34. The Kier molecular flexibility index (Phi) is 2.71. The largest absolute Gasteiger partial charge is 0.386 e. The van der Waals surface area contributed by atoms with E-state index in [4.69, 9.17) is 34.8 Å². The minimum absolute atomic E-state index is 0.0234. The summed E-state index contributed by atoms with van der Waals surface area (Å²) in [5, 5.41) is 0.0566. The van der Waals surface area contributed by atoms with E-state index in [0.29, 0.717) is 0 Å². The molecule has 3 nitrogen and oxygen atoms in total. The molecule has 0 saturated heterocycles.